The van der Waals surface area contributed by atoms with Crippen molar-refractivity contribution in [1.29, 1.82) is 0 Å². The first-order valence-corrected chi connectivity index (χ1v) is 10.3. The molecule has 2 aromatic carbocycles. The molecule has 0 radical (unpaired) electrons. The number of hydrogen-bond donors (Lipinski definition) is 1. The maximum Gasteiger partial charge on any atom is 0.247 e. The number of ether oxygens (including phenoxy) is 2. The van der Waals surface area contributed by atoms with Gasteiger partial charge in [-0.3, -0.25) is 4.79 Å². The van der Waals surface area contributed by atoms with Crippen molar-refractivity contribution in [3.63, 3.8) is 0 Å². The Morgan fingerprint density at radius 2 is 1.75 bits per heavy atom. The van der Waals surface area contributed by atoms with E-state index in [1.807, 2.05) is 44.2 Å². The Bertz CT molecular complexity index is 898. The summed E-state index contributed by atoms with van der Waals surface area (Å²) >= 11 is 0. The monoisotopic (exact) mass is 406 g/mol. The van der Waals surface area contributed by atoms with Crippen LogP contribution in [0, 0.1) is 0 Å². The fourth-order valence-corrected chi connectivity index (χ4v) is 4.22. The number of nitrogens with zero attached hydrogens (tertiary/aromatic N) is 1. The Kier molecular flexibility index (Phi) is 7.42. The number of carbonyl (C=O) groups excluding carboxylic acids is 1. The van der Waals surface area contributed by atoms with Crippen molar-refractivity contribution in [3.05, 3.63) is 54.1 Å². The van der Waals surface area contributed by atoms with Gasteiger partial charge in [-0.25, -0.2) is 8.42 Å². The molecule has 0 heterocycles. The zero-order chi connectivity index (χ0) is 20.7. The maximum absolute atomic E-state index is 13.4. The van der Waals surface area contributed by atoms with E-state index in [0.29, 0.717) is 5.75 Å². The van der Waals surface area contributed by atoms with Gasteiger partial charge in [0.2, 0.25) is 15.9 Å². The molecule has 152 valence electrons. The van der Waals surface area contributed by atoms with Gasteiger partial charge in [0.05, 0.1) is 20.8 Å². The number of amides is 1. The van der Waals surface area contributed by atoms with Crippen molar-refractivity contribution in [1.82, 2.24) is 9.62 Å². The van der Waals surface area contributed by atoms with E-state index >= 15 is 0 Å². The fraction of sp³-hybridized carbons (Fsp3) is 0.350. The minimum Gasteiger partial charge on any atom is -0.497 e. The molecule has 2 rings (SSSR count). The van der Waals surface area contributed by atoms with Crippen LogP contribution in [0.15, 0.2) is 53.4 Å². The van der Waals surface area contributed by atoms with Gasteiger partial charge in [0.1, 0.15) is 16.4 Å². The van der Waals surface area contributed by atoms with Crippen molar-refractivity contribution in [2.45, 2.75) is 31.3 Å². The summed E-state index contributed by atoms with van der Waals surface area (Å²) in [6, 6.07) is 13.6. The number of nitrogens with one attached hydrogen (secondary N) is 1. The van der Waals surface area contributed by atoms with Gasteiger partial charge in [-0.05, 0) is 31.5 Å². The summed E-state index contributed by atoms with van der Waals surface area (Å²) in [7, 11) is -1.19. The number of carbonyl (C=O) groups is 1. The molecule has 0 aliphatic rings. The Hall–Kier alpha value is -2.58. The normalized spacial score (nSPS) is 11.5. The molecule has 7 nitrogen and oxygen atoms in total. The molecule has 28 heavy (non-hydrogen) atoms. The van der Waals surface area contributed by atoms with Crippen LogP contribution < -0.4 is 14.8 Å². The Morgan fingerprint density at radius 3 is 2.32 bits per heavy atom. The van der Waals surface area contributed by atoms with Gasteiger partial charge >= 0.3 is 0 Å². The van der Waals surface area contributed by atoms with Crippen LogP contribution >= 0.6 is 0 Å². The van der Waals surface area contributed by atoms with Crippen LogP contribution in [0.1, 0.15) is 19.4 Å². The van der Waals surface area contributed by atoms with Crippen LogP contribution in [0.5, 0.6) is 11.5 Å². The number of sulfonamides is 1. The third kappa shape index (κ3) is 5.46. The molecule has 0 atom stereocenters. The van der Waals surface area contributed by atoms with E-state index in [-0.39, 0.29) is 35.7 Å². The molecule has 0 spiro atoms. The molecule has 1 N–H and O–H groups in total. The van der Waals surface area contributed by atoms with Gasteiger partial charge in [-0.1, -0.05) is 30.3 Å². The molecule has 0 aromatic heterocycles. The molecule has 1 amide bonds. The smallest absolute Gasteiger partial charge is 0.247 e. The highest BCUT2D eigenvalue weighted by molar-refractivity contribution is 7.89. The predicted octanol–water partition coefficient (Wildman–Crippen LogP) is 2.42. The summed E-state index contributed by atoms with van der Waals surface area (Å²) < 4.78 is 38.4. The van der Waals surface area contributed by atoms with Gasteiger partial charge in [-0.2, -0.15) is 4.31 Å². The lowest BCUT2D eigenvalue weighted by Gasteiger charge is -2.23. The zero-order valence-corrected chi connectivity index (χ0v) is 17.3. The first kappa shape index (κ1) is 21.7. The van der Waals surface area contributed by atoms with Crippen molar-refractivity contribution in [2.24, 2.45) is 0 Å². The molecule has 0 aliphatic carbocycles. The summed E-state index contributed by atoms with van der Waals surface area (Å²) in [5, 5.41) is 2.73. The molecule has 0 saturated heterocycles. The van der Waals surface area contributed by atoms with Crippen LogP contribution in [0.2, 0.25) is 0 Å². The van der Waals surface area contributed by atoms with Gasteiger partial charge in [0, 0.05) is 18.7 Å². The number of hydrogen-bond acceptors (Lipinski definition) is 5. The molecular weight excluding hydrogens is 380 g/mol. The summed E-state index contributed by atoms with van der Waals surface area (Å²) in [6.07, 6.45) is 0. The second-order valence-corrected chi connectivity index (χ2v) is 8.40. The highest BCUT2D eigenvalue weighted by atomic mass is 32.2. The van der Waals surface area contributed by atoms with E-state index in [9.17, 15) is 13.2 Å². The van der Waals surface area contributed by atoms with Crippen molar-refractivity contribution in [3.8, 4) is 11.5 Å². The average molecular weight is 407 g/mol. The molecule has 0 fully saturated rings. The van der Waals surface area contributed by atoms with Gasteiger partial charge < -0.3 is 14.8 Å². The number of rotatable bonds is 9. The molecule has 2 aromatic rings. The Morgan fingerprint density at radius 1 is 1.07 bits per heavy atom. The van der Waals surface area contributed by atoms with E-state index in [4.69, 9.17) is 9.47 Å². The van der Waals surface area contributed by atoms with Crippen molar-refractivity contribution >= 4 is 15.9 Å². The lowest BCUT2D eigenvalue weighted by molar-refractivity contribution is -0.121. The van der Waals surface area contributed by atoms with Gasteiger partial charge in [0.15, 0.2) is 0 Å². The van der Waals surface area contributed by atoms with E-state index in [2.05, 4.69) is 5.32 Å². The second-order valence-electron chi connectivity index (χ2n) is 6.50. The highest BCUT2D eigenvalue weighted by Gasteiger charge is 2.30. The predicted molar refractivity (Wildman–Crippen MR) is 107 cm³/mol. The quantitative estimate of drug-likeness (QED) is 0.691. The first-order chi connectivity index (χ1) is 13.3. The average Bonchev–Trinajstić information content (AvgIpc) is 2.67. The lowest BCUT2D eigenvalue weighted by atomic mass is 10.2. The summed E-state index contributed by atoms with van der Waals surface area (Å²) in [5.41, 5.74) is 0.769. The lowest BCUT2D eigenvalue weighted by Crippen LogP contribution is -2.42. The van der Waals surface area contributed by atoms with Crippen molar-refractivity contribution in [2.75, 3.05) is 20.8 Å². The number of benzene rings is 2. The third-order valence-electron chi connectivity index (χ3n) is 3.96. The Labute approximate surface area is 166 Å². The summed E-state index contributed by atoms with van der Waals surface area (Å²) in [5.74, 6) is 0.185. The van der Waals surface area contributed by atoms with E-state index in [1.54, 1.807) is 6.07 Å². The van der Waals surface area contributed by atoms with E-state index in [0.717, 1.165) is 9.87 Å². The first-order valence-electron chi connectivity index (χ1n) is 8.83. The van der Waals surface area contributed by atoms with E-state index in [1.165, 1.54) is 26.4 Å². The topological polar surface area (TPSA) is 84.9 Å². The van der Waals surface area contributed by atoms with Crippen LogP contribution in [0.25, 0.3) is 0 Å². The highest BCUT2D eigenvalue weighted by Crippen LogP contribution is 2.31. The van der Waals surface area contributed by atoms with Crippen LogP contribution in [-0.4, -0.2) is 45.4 Å². The minimum atomic E-state index is -4.04. The standard InChI is InChI=1S/C20H26N2O5S/c1-15(2)21-20(23)14-22(13-16-8-6-5-7-9-16)28(24,25)19-12-17(26-3)10-11-18(19)27-4/h5-12,15H,13-14H2,1-4H3,(H,21,23). The van der Waals surface area contributed by atoms with Crippen LogP contribution in [0.3, 0.4) is 0 Å². The summed E-state index contributed by atoms with van der Waals surface area (Å²) in [6.45, 7) is 3.38. The maximum atomic E-state index is 13.4. The largest absolute Gasteiger partial charge is 0.497 e. The molecular formula is C20H26N2O5S. The molecule has 0 bridgehead atoms. The molecule has 8 heteroatoms. The van der Waals surface area contributed by atoms with E-state index < -0.39 is 10.0 Å². The molecule has 0 unspecified atom stereocenters. The Balaban J connectivity index is 2.46. The van der Waals surface area contributed by atoms with Crippen LogP contribution in [0.4, 0.5) is 0 Å². The van der Waals surface area contributed by atoms with Crippen molar-refractivity contribution < 1.29 is 22.7 Å². The SMILES string of the molecule is COc1ccc(OC)c(S(=O)(=O)N(CC(=O)NC(C)C)Cc2ccccc2)c1. The second kappa shape index (κ2) is 9.57. The van der Waals surface area contributed by atoms with Gasteiger partial charge in [-0.15, -0.1) is 0 Å². The molecule has 0 aliphatic heterocycles. The number of methoxy groups -OCH3 is 2. The minimum absolute atomic E-state index is 0.0506. The summed E-state index contributed by atoms with van der Waals surface area (Å²) in [4.78, 5) is 12.3. The molecule has 0 saturated carbocycles. The zero-order valence-electron chi connectivity index (χ0n) is 16.5. The third-order valence-corrected chi connectivity index (χ3v) is 5.77. The van der Waals surface area contributed by atoms with Gasteiger partial charge in [0.25, 0.3) is 0 Å². The van der Waals surface area contributed by atoms with Crippen LogP contribution in [-0.2, 0) is 21.4 Å². The fourth-order valence-electron chi connectivity index (χ4n) is 2.67.